The van der Waals surface area contributed by atoms with Crippen molar-refractivity contribution in [3.63, 3.8) is 0 Å². The van der Waals surface area contributed by atoms with Gasteiger partial charge in [0.1, 0.15) is 17.2 Å². The van der Waals surface area contributed by atoms with Crippen LogP contribution in [0.4, 0.5) is 0 Å². The van der Waals surface area contributed by atoms with Gasteiger partial charge in [0.25, 0.3) is 5.91 Å². The first-order valence-electron chi connectivity index (χ1n) is 10.9. The van der Waals surface area contributed by atoms with Crippen molar-refractivity contribution in [2.24, 2.45) is 5.10 Å². The number of carbonyl (C=O) groups is 2. The summed E-state index contributed by atoms with van der Waals surface area (Å²) in [7, 11) is 0. The highest BCUT2D eigenvalue weighted by molar-refractivity contribution is 9.10. The molecule has 0 aliphatic rings. The van der Waals surface area contributed by atoms with Gasteiger partial charge in [-0.05, 0) is 73.2 Å². The standard InChI is InChI=1S/C26H24BrClN2O5/c1-2-3-14-33-22-9-11-23(12-10-22)34-17-25(31)30-29-16-19-15-20(27)6-13-24(19)35-26(32)18-4-7-21(28)8-5-18/h4-13,15-16H,2-3,14,17H2,1H3,(H,30,31)/b29-16-. The van der Waals surface area contributed by atoms with Crippen molar-refractivity contribution in [1.29, 1.82) is 0 Å². The number of benzene rings is 3. The zero-order chi connectivity index (χ0) is 25.0. The van der Waals surface area contributed by atoms with Crippen LogP contribution < -0.4 is 19.6 Å². The summed E-state index contributed by atoms with van der Waals surface area (Å²) in [4.78, 5) is 24.5. The monoisotopic (exact) mass is 558 g/mol. The van der Waals surface area contributed by atoms with E-state index in [4.69, 9.17) is 25.8 Å². The van der Waals surface area contributed by atoms with Crippen LogP contribution in [-0.4, -0.2) is 31.3 Å². The number of amides is 1. The van der Waals surface area contributed by atoms with Gasteiger partial charge in [-0.15, -0.1) is 0 Å². The molecule has 0 spiro atoms. The topological polar surface area (TPSA) is 86.2 Å². The summed E-state index contributed by atoms with van der Waals surface area (Å²) in [6.07, 6.45) is 3.44. The highest BCUT2D eigenvalue weighted by atomic mass is 79.9. The third kappa shape index (κ3) is 8.73. The molecule has 1 amide bonds. The lowest BCUT2D eigenvalue weighted by atomic mass is 10.2. The molecule has 0 bridgehead atoms. The van der Waals surface area contributed by atoms with E-state index in [1.165, 1.54) is 6.21 Å². The average Bonchev–Trinajstić information content (AvgIpc) is 2.85. The van der Waals surface area contributed by atoms with Crippen LogP contribution in [0.15, 0.2) is 76.3 Å². The molecule has 0 aliphatic carbocycles. The Bertz CT molecular complexity index is 1170. The number of ether oxygens (including phenoxy) is 3. The van der Waals surface area contributed by atoms with Gasteiger partial charge in [0.05, 0.1) is 18.4 Å². The minimum Gasteiger partial charge on any atom is -0.494 e. The molecule has 0 atom stereocenters. The fraction of sp³-hybridized carbons (Fsp3) is 0.192. The third-order valence-electron chi connectivity index (χ3n) is 4.61. The Kier molecular flexibility index (Phi) is 10.1. The number of halogens is 2. The Morgan fingerprint density at radius 3 is 2.37 bits per heavy atom. The minimum absolute atomic E-state index is 0.218. The summed E-state index contributed by atoms with van der Waals surface area (Å²) < 4.78 is 17.3. The normalized spacial score (nSPS) is 10.7. The first-order valence-corrected chi connectivity index (χ1v) is 12.1. The average molecular weight is 560 g/mol. The maximum atomic E-state index is 12.4. The van der Waals surface area contributed by atoms with Crippen molar-refractivity contribution in [2.75, 3.05) is 13.2 Å². The van der Waals surface area contributed by atoms with Gasteiger partial charge in [-0.25, -0.2) is 10.2 Å². The van der Waals surface area contributed by atoms with Gasteiger partial charge in [0.15, 0.2) is 6.61 Å². The van der Waals surface area contributed by atoms with E-state index in [2.05, 4.69) is 33.4 Å². The van der Waals surface area contributed by atoms with Gasteiger partial charge >= 0.3 is 5.97 Å². The third-order valence-corrected chi connectivity index (χ3v) is 5.35. The highest BCUT2D eigenvalue weighted by Gasteiger charge is 2.12. The van der Waals surface area contributed by atoms with E-state index in [1.807, 2.05) is 0 Å². The van der Waals surface area contributed by atoms with Gasteiger partial charge in [0.2, 0.25) is 0 Å². The summed E-state index contributed by atoms with van der Waals surface area (Å²) in [5, 5.41) is 4.47. The first kappa shape index (κ1) is 26.2. The predicted octanol–water partition coefficient (Wildman–Crippen LogP) is 6.03. The van der Waals surface area contributed by atoms with E-state index < -0.39 is 11.9 Å². The smallest absolute Gasteiger partial charge is 0.343 e. The van der Waals surface area contributed by atoms with Gasteiger partial charge in [-0.2, -0.15) is 5.10 Å². The molecule has 1 N–H and O–H groups in total. The number of nitrogens with zero attached hydrogens (tertiary/aromatic N) is 1. The largest absolute Gasteiger partial charge is 0.494 e. The molecule has 0 fully saturated rings. The number of hydrogen-bond donors (Lipinski definition) is 1. The van der Waals surface area contributed by atoms with Crippen LogP contribution in [0.5, 0.6) is 17.2 Å². The molecule has 3 aromatic carbocycles. The first-order chi connectivity index (χ1) is 16.9. The van der Waals surface area contributed by atoms with E-state index in [0.29, 0.717) is 28.5 Å². The number of hydrogen-bond acceptors (Lipinski definition) is 6. The van der Waals surface area contributed by atoms with Gasteiger partial charge < -0.3 is 14.2 Å². The molecule has 0 radical (unpaired) electrons. The van der Waals surface area contributed by atoms with Crippen molar-refractivity contribution in [2.45, 2.75) is 19.8 Å². The number of hydrazone groups is 1. The molecule has 0 heterocycles. The van der Waals surface area contributed by atoms with Crippen LogP contribution in [0.1, 0.15) is 35.7 Å². The van der Waals surface area contributed by atoms with Crippen molar-refractivity contribution in [1.82, 2.24) is 5.43 Å². The Morgan fingerprint density at radius 1 is 1.00 bits per heavy atom. The van der Waals surface area contributed by atoms with E-state index in [-0.39, 0.29) is 12.4 Å². The second-order valence-corrected chi connectivity index (χ2v) is 8.69. The maximum Gasteiger partial charge on any atom is 0.343 e. The maximum absolute atomic E-state index is 12.4. The van der Waals surface area contributed by atoms with Crippen LogP contribution >= 0.6 is 27.5 Å². The van der Waals surface area contributed by atoms with Crippen molar-refractivity contribution in [3.8, 4) is 17.2 Å². The highest BCUT2D eigenvalue weighted by Crippen LogP contribution is 2.23. The Morgan fingerprint density at radius 2 is 1.69 bits per heavy atom. The number of esters is 1. The molecule has 3 aromatic rings. The van der Waals surface area contributed by atoms with Gasteiger partial charge in [-0.3, -0.25) is 4.79 Å². The summed E-state index contributed by atoms with van der Waals surface area (Å²) in [6, 6.07) is 18.5. The molecular weight excluding hydrogens is 536 g/mol. The van der Waals surface area contributed by atoms with Crippen LogP contribution in [0, 0.1) is 0 Å². The molecule has 0 saturated carbocycles. The summed E-state index contributed by atoms with van der Waals surface area (Å²) in [5.74, 6) is 0.581. The van der Waals surface area contributed by atoms with Crippen molar-refractivity contribution in [3.05, 3.63) is 87.4 Å². The molecule has 7 nitrogen and oxygen atoms in total. The molecule has 0 aromatic heterocycles. The zero-order valence-electron chi connectivity index (χ0n) is 19.0. The Balaban J connectivity index is 1.53. The summed E-state index contributed by atoms with van der Waals surface area (Å²) in [6.45, 7) is 2.55. The van der Waals surface area contributed by atoms with Crippen molar-refractivity contribution >= 4 is 45.6 Å². The molecule has 0 unspecified atom stereocenters. The Labute approximate surface area is 217 Å². The van der Waals surface area contributed by atoms with E-state index in [0.717, 1.165) is 23.1 Å². The van der Waals surface area contributed by atoms with Crippen molar-refractivity contribution < 1.29 is 23.8 Å². The number of rotatable bonds is 11. The van der Waals surface area contributed by atoms with Gasteiger partial charge in [-0.1, -0.05) is 40.9 Å². The molecule has 35 heavy (non-hydrogen) atoms. The SMILES string of the molecule is CCCCOc1ccc(OCC(=O)N/N=C\c2cc(Br)ccc2OC(=O)c2ccc(Cl)cc2)cc1. The molecule has 9 heteroatoms. The summed E-state index contributed by atoms with van der Waals surface area (Å²) >= 11 is 9.24. The van der Waals surface area contributed by atoms with Crippen LogP contribution in [0.2, 0.25) is 5.02 Å². The fourth-order valence-corrected chi connectivity index (χ4v) is 3.28. The Hall–Kier alpha value is -3.36. The second-order valence-electron chi connectivity index (χ2n) is 7.33. The molecular formula is C26H24BrClN2O5. The molecule has 0 aliphatic heterocycles. The molecule has 0 saturated heterocycles. The molecule has 182 valence electrons. The lowest BCUT2D eigenvalue weighted by Gasteiger charge is -2.09. The zero-order valence-corrected chi connectivity index (χ0v) is 21.3. The van der Waals surface area contributed by atoms with E-state index in [1.54, 1.807) is 66.7 Å². The quantitative estimate of drug-likeness (QED) is 0.102. The number of carbonyl (C=O) groups excluding carboxylic acids is 2. The molecule has 3 rings (SSSR count). The summed E-state index contributed by atoms with van der Waals surface area (Å²) in [5.41, 5.74) is 3.24. The lowest BCUT2D eigenvalue weighted by Crippen LogP contribution is -2.24. The fourth-order valence-electron chi connectivity index (χ4n) is 2.78. The minimum atomic E-state index is -0.544. The lowest BCUT2D eigenvalue weighted by molar-refractivity contribution is -0.123. The number of unbranched alkanes of at least 4 members (excludes halogenated alkanes) is 1. The second kappa shape index (κ2) is 13.5. The predicted molar refractivity (Wildman–Crippen MR) is 139 cm³/mol. The van der Waals surface area contributed by atoms with E-state index in [9.17, 15) is 9.59 Å². The van der Waals surface area contributed by atoms with Crippen LogP contribution in [0.3, 0.4) is 0 Å². The van der Waals surface area contributed by atoms with Crippen LogP contribution in [0.25, 0.3) is 0 Å². The van der Waals surface area contributed by atoms with Crippen LogP contribution in [-0.2, 0) is 4.79 Å². The van der Waals surface area contributed by atoms with E-state index >= 15 is 0 Å². The number of nitrogens with one attached hydrogen (secondary N) is 1. The van der Waals surface area contributed by atoms with Gasteiger partial charge in [0, 0.05) is 15.1 Å².